The van der Waals surface area contributed by atoms with E-state index in [9.17, 15) is 68.3 Å². The van der Waals surface area contributed by atoms with Gasteiger partial charge in [-0.1, -0.05) is 13.5 Å². The van der Waals surface area contributed by atoms with E-state index in [1.165, 1.54) is 18.2 Å². The van der Waals surface area contributed by atoms with Crippen LogP contribution in [0.15, 0.2) is 94.6 Å². The second kappa shape index (κ2) is 31.1. The Labute approximate surface area is 489 Å². The summed E-state index contributed by atoms with van der Waals surface area (Å²) >= 11 is 0.205. The molecule has 328 valence electrons. The molecule has 0 aromatic heterocycles. The smallest absolute Gasteiger partial charge is 0.744 e. The van der Waals surface area contributed by atoms with Gasteiger partial charge in [-0.3, -0.25) is 18.4 Å². The number of carboxylic acids is 1. The third-order valence-electron chi connectivity index (χ3n) is 7.10. The van der Waals surface area contributed by atoms with Crippen molar-refractivity contribution in [1.82, 2.24) is 0 Å². The molecule has 0 saturated heterocycles. The number of carbonyl (C=O) groups excluding carboxylic acids is 1. The molecule has 0 radical (unpaired) electrons. The van der Waals surface area contributed by atoms with Crippen molar-refractivity contribution in [3.8, 4) is 5.75 Å². The van der Waals surface area contributed by atoms with Gasteiger partial charge in [-0.2, -0.15) is 9.45 Å². The van der Waals surface area contributed by atoms with Gasteiger partial charge < -0.3 is 40.4 Å². The second-order valence-electron chi connectivity index (χ2n) is 10.7. The van der Waals surface area contributed by atoms with Crippen molar-refractivity contribution in [3.05, 3.63) is 60.2 Å². The number of carbonyl (C=O) groups is 1. The predicted octanol–water partition coefficient (Wildman–Crippen LogP) is -14.1. The molecular weight excluding hydrogens is 1050 g/mol. The van der Waals surface area contributed by atoms with Crippen LogP contribution in [0, 0.1) is 0 Å². The number of aromatic carboxylic acids is 1. The number of hydrogen-bond donors (Lipinski definition) is 2. The maximum absolute atomic E-state index is 12.8. The van der Waals surface area contributed by atoms with E-state index >= 15 is 0 Å². The first-order chi connectivity index (χ1) is 27.6. The minimum absolute atomic E-state index is 0. The fourth-order valence-corrected chi connectivity index (χ4v) is 8.72. The predicted molar refractivity (Wildman–Crippen MR) is 194 cm³/mol. The van der Waals surface area contributed by atoms with Crippen LogP contribution in [0.2, 0.25) is 0 Å². The molecule has 0 aliphatic heterocycles. The number of nitrogens with zero attached hydrogens (tertiary/aromatic N) is 4. The number of nitrogen functional groups attached to an aromatic ring is 1. The molecule has 0 aliphatic rings. The van der Waals surface area contributed by atoms with E-state index in [0.717, 1.165) is 24.3 Å². The zero-order valence-electron chi connectivity index (χ0n) is 33.5. The summed E-state index contributed by atoms with van der Waals surface area (Å²) in [5.74, 6) is -4.68. The van der Waals surface area contributed by atoms with E-state index in [-0.39, 0.29) is 200 Å². The van der Waals surface area contributed by atoms with Crippen LogP contribution < -0.4 is 169 Å². The summed E-state index contributed by atoms with van der Waals surface area (Å²) in [6, 6.07) is 8.51. The standard InChI is InChI=1S/C27H25N5O21S6.CH4.5Na/c28-23-22-14(10-20(54-52-50-36)24(26(22)33)31-29-15-2-1-3-16(12-15)56(38,39)8-6-48-55-53-51-37)11-21(58(42,43)44)25(23)32-30-19-5-4-17(13-18(19)27(34)35)57(40,41)9-7-49-59(45,46)47;;;;;;/h1-5,10-13,33,36-37H,6-9,28H2,(H,34,35)(H,42,43,44)(H,45,46,47);1H4;;;;;/q;;5*+1/p-5. The van der Waals surface area contributed by atoms with Crippen LogP contribution >= 0.6 is 24.4 Å². The number of hydrogen-bond acceptors (Lipinski definition) is 28. The van der Waals surface area contributed by atoms with Crippen LogP contribution in [-0.4, -0.2) is 78.6 Å². The van der Waals surface area contributed by atoms with Crippen LogP contribution in [0.5, 0.6) is 5.75 Å². The fourth-order valence-electron chi connectivity index (χ4n) is 4.62. The van der Waals surface area contributed by atoms with Crippen molar-refractivity contribution < 1.29 is 243 Å². The fraction of sp³-hybridized carbons (Fsp3) is 0.179. The molecule has 65 heavy (non-hydrogen) atoms. The van der Waals surface area contributed by atoms with E-state index in [2.05, 4.69) is 43.4 Å². The first kappa shape index (κ1) is 69.8. The van der Waals surface area contributed by atoms with Crippen molar-refractivity contribution in [2.75, 3.05) is 30.5 Å². The minimum Gasteiger partial charge on any atom is -0.744 e. The quantitative estimate of drug-likeness (QED) is 0.00900. The van der Waals surface area contributed by atoms with Gasteiger partial charge in [0.1, 0.15) is 21.5 Å². The summed E-state index contributed by atoms with van der Waals surface area (Å²) in [6.07, 6.45) is 0. The zero-order valence-corrected chi connectivity index (χ0v) is 48.4. The van der Waals surface area contributed by atoms with Crippen molar-refractivity contribution in [1.29, 1.82) is 0 Å². The number of azo groups is 2. The topological polar surface area (TPSA) is 420 Å². The number of carboxylic acid groups (broad SMARTS) is 1. The summed E-state index contributed by atoms with van der Waals surface area (Å²) in [5, 5.41) is 64.4. The number of anilines is 1. The largest absolute Gasteiger partial charge is 1.00 e. The molecule has 0 atom stereocenters. The van der Waals surface area contributed by atoms with Crippen LogP contribution in [0.4, 0.5) is 28.4 Å². The average Bonchev–Trinajstić information content (AvgIpc) is 3.15. The van der Waals surface area contributed by atoms with Gasteiger partial charge >= 0.3 is 148 Å². The molecule has 3 N–H and O–H groups in total. The number of benzene rings is 4. The number of rotatable bonds is 21. The summed E-state index contributed by atoms with van der Waals surface area (Å²) in [4.78, 5) is 9.42. The van der Waals surface area contributed by atoms with E-state index in [0.29, 0.717) is 12.1 Å². The summed E-state index contributed by atoms with van der Waals surface area (Å²) in [7, 11) is -19.3. The monoisotopic (exact) mass is 1070 g/mol. The van der Waals surface area contributed by atoms with E-state index in [1.807, 2.05) is 0 Å². The Hall–Kier alpha value is 0.510. The molecule has 4 aromatic carbocycles. The molecule has 0 bridgehead atoms. The third-order valence-corrected chi connectivity index (χ3v) is 12.7. The first-order valence-electron chi connectivity index (χ1n) is 14.9. The van der Waals surface area contributed by atoms with Gasteiger partial charge in [0, 0.05) is 5.56 Å². The van der Waals surface area contributed by atoms with Gasteiger partial charge in [-0.25, -0.2) is 33.7 Å². The number of sulfone groups is 2. The van der Waals surface area contributed by atoms with Crippen molar-refractivity contribution in [2.45, 2.75) is 27.0 Å². The van der Waals surface area contributed by atoms with E-state index < -0.39 is 120 Å². The van der Waals surface area contributed by atoms with Crippen molar-refractivity contribution >= 4 is 110 Å². The molecule has 0 aliphatic carbocycles. The van der Waals surface area contributed by atoms with Gasteiger partial charge in [0.15, 0.2) is 37.7 Å². The van der Waals surface area contributed by atoms with E-state index in [1.54, 1.807) is 0 Å². The zero-order chi connectivity index (χ0) is 43.8. The summed E-state index contributed by atoms with van der Waals surface area (Å²) in [5.41, 5.74) is 2.05. The molecule has 4 rings (SSSR count). The third kappa shape index (κ3) is 20.3. The van der Waals surface area contributed by atoms with E-state index in [4.69, 9.17) is 9.92 Å². The Kier molecular flexibility index (Phi) is 33.4. The van der Waals surface area contributed by atoms with Crippen LogP contribution in [0.3, 0.4) is 0 Å². The van der Waals surface area contributed by atoms with Gasteiger partial charge in [-0.05, 0) is 53.9 Å². The van der Waals surface area contributed by atoms with Gasteiger partial charge in [0.25, 0.3) is 0 Å². The summed E-state index contributed by atoms with van der Waals surface area (Å²) < 4.78 is 137. The Morgan fingerprint density at radius 2 is 1.32 bits per heavy atom. The maximum Gasteiger partial charge on any atom is 1.00 e. The molecule has 0 fully saturated rings. The normalized spacial score (nSPS) is 11.7. The maximum atomic E-state index is 12.8. The number of phenolic OH excluding ortho intramolecular Hbond substituents is 1. The number of phenols is 1. The van der Waals surface area contributed by atoms with Crippen LogP contribution in [-0.2, 0) is 67.3 Å². The molecule has 0 saturated carbocycles. The molecule has 4 aromatic rings. The summed E-state index contributed by atoms with van der Waals surface area (Å²) in [6.45, 7) is -1.56. The Morgan fingerprint density at radius 3 is 1.89 bits per heavy atom. The Morgan fingerprint density at radius 1 is 0.738 bits per heavy atom. The number of nitrogens with two attached hydrogens (primary N) is 1. The van der Waals surface area contributed by atoms with Gasteiger partial charge in [0.05, 0.1) is 84.8 Å². The SMILES string of the molecule is C.Nc1c(N=Nc2ccc(S(=O)(=O)CCOS(=O)(=O)[O-])cc2C(=O)[O-])c(S(=O)(=O)[O-])cc2cc(SOO[O-])c(N=Nc3cccc(S(=O)(=O)CCOSOO[O-])c3)c(O)c12.[Na+].[Na+].[Na+].[Na+].[Na+]. The molecule has 0 amide bonds. The Balaban J connectivity index is -0.00000641. The molecular formula is C28H24N5Na5O21S6. The average molecular weight is 1070 g/mol. The second-order valence-corrected chi connectivity index (χ2v) is 18.6. The molecule has 26 nitrogen and oxygen atoms in total. The molecule has 0 spiro atoms. The van der Waals surface area contributed by atoms with Crippen LogP contribution in [0.1, 0.15) is 17.8 Å². The van der Waals surface area contributed by atoms with Crippen LogP contribution in [0.25, 0.3) is 10.8 Å². The Bertz CT molecular complexity index is 2780. The first-order valence-corrected chi connectivity index (χ1v) is 22.4. The minimum atomic E-state index is -5.54. The number of fused-ring (bicyclic) bond motifs is 1. The molecule has 0 unspecified atom stereocenters. The van der Waals surface area contributed by atoms with Gasteiger partial charge in [0.2, 0.25) is 10.4 Å². The van der Waals surface area contributed by atoms with Crippen molar-refractivity contribution in [3.63, 3.8) is 0 Å². The molecule has 37 heteroatoms. The number of aromatic hydroxyl groups is 1. The van der Waals surface area contributed by atoms with Crippen molar-refractivity contribution in [2.24, 2.45) is 20.5 Å². The van der Waals surface area contributed by atoms with Gasteiger partial charge in [-0.15, -0.1) is 19.7 Å². The molecule has 0 heterocycles.